The second kappa shape index (κ2) is 4.44. The number of allylic oxidation sites excluding steroid dienone is 2. The number of Topliss-reactive ketones (excluding diaryl/α,β-unsaturated/α-hetero) is 1. The summed E-state index contributed by atoms with van der Waals surface area (Å²) < 4.78 is 0. The Morgan fingerprint density at radius 2 is 1.94 bits per heavy atom. The molecule has 0 spiro atoms. The maximum atomic E-state index is 12.1. The molecule has 2 rings (SSSR count). The van der Waals surface area contributed by atoms with Crippen LogP contribution < -0.4 is 0 Å². The van der Waals surface area contributed by atoms with Crippen LogP contribution in [0.25, 0.3) is 0 Å². The molecule has 16 heavy (non-hydrogen) atoms. The van der Waals surface area contributed by atoms with Crippen LogP contribution in [0, 0.1) is 5.92 Å². The first kappa shape index (κ1) is 10.8. The Labute approximate surface area is 95.0 Å². The van der Waals surface area contributed by atoms with Crippen molar-refractivity contribution in [1.82, 2.24) is 0 Å². The van der Waals surface area contributed by atoms with E-state index in [0.29, 0.717) is 12.0 Å². The third-order valence-corrected chi connectivity index (χ3v) is 2.93. The highest BCUT2D eigenvalue weighted by molar-refractivity contribution is 6.14. The molecule has 0 aliphatic heterocycles. The van der Waals surface area contributed by atoms with E-state index >= 15 is 0 Å². The number of hydrogen-bond acceptors (Lipinski definition) is 2. The van der Waals surface area contributed by atoms with Crippen LogP contribution in [0.3, 0.4) is 0 Å². The molecule has 2 heteroatoms. The summed E-state index contributed by atoms with van der Waals surface area (Å²) in [6.07, 6.45) is 3.10. The van der Waals surface area contributed by atoms with Crippen molar-refractivity contribution in [3.8, 4) is 0 Å². The van der Waals surface area contributed by atoms with E-state index in [-0.39, 0.29) is 11.6 Å². The maximum Gasteiger partial charge on any atom is 0.173 e. The van der Waals surface area contributed by atoms with E-state index in [9.17, 15) is 9.59 Å². The van der Waals surface area contributed by atoms with Gasteiger partial charge in [-0.1, -0.05) is 35.9 Å². The second-order valence-electron chi connectivity index (χ2n) is 4.21. The van der Waals surface area contributed by atoms with Crippen molar-refractivity contribution >= 4 is 11.6 Å². The summed E-state index contributed by atoms with van der Waals surface area (Å²) in [5.74, 6) is -0.557. The molecule has 1 atom stereocenters. The van der Waals surface area contributed by atoms with E-state index in [1.165, 1.54) is 0 Å². The molecule has 82 valence electrons. The van der Waals surface area contributed by atoms with Crippen molar-refractivity contribution in [1.29, 1.82) is 0 Å². The summed E-state index contributed by atoms with van der Waals surface area (Å²) in [6, 6.07) is 9.04. The summed E-state index contributed by atoms with van der Waals surface area (Å²) >= 11 is 0. The van der Waals surface area contributed by atoms with Gasteiger partial charge in [-0.3, -0.25) is 9.59 Å². The number of benzene rings is 1. The molecule has 0 N–H and O–H groups in total. The zero-order valence-corrected chi connectivity index (χ0v) is 9.27. The van der Waals surface area contributed by atoms with Gasteiger partial charge in [-0.05, 0) is 25.8 Å². The van der Waals surface area contributed by atoms with E-state index in [1.807, 2.05) is 25.1 Å². The average Bonchev–Trinajstić information content (AvgIpc) is 2.29. The van der Waals surface area contributed by atoms with E-state index in [2.05, 4.69) is 0 Å². The van der Waals surface area contributed by atoms with Gasteiger partial charge in [0.2, 0.25) is 0 Å². The second-order valence-corrected chi connectivity index (χ2v) is 4.21. The van der Waals surface area contributed by atoms with Gasteiger partial charge in [-0.2, -0.15) is 0 Å². The minimum Gasteiger partial charge on any atom is -0.294 e. The number of rotatable bonds is 2. The summed E-state index contributed by atoms with van der Waals surface area (Å²) in [5, 5.41) is 0. The quantitative estimate of drug-likeness (QED) is 0.560. The third-order valence-electron chi connectivity index (χ3n) is 2.93. The molecule has 0 bridgehead atoms. The van der Waals surface area contributed by atoms with Gasteiger partial charge in [0.15, 0.2) is 11.6 Å². The smallest absolute Gasteiger partial charge is 0.173 e. The van der Waals surface area contributed by atoms with E-state index in [0.717, 1.165) is 12.0 Å². The first-order chi connectivity index (χ1) is 7.68. The lowest BCUT2D eigenvalue weighted by Gasteiger charge is -2.17. The van der Waals surface area contributed by atoms with Crippen molar-refractivity contribution in [3.63, 3.8) is 0 Å². The zero-order chi connectivity index (χ0) is 11.5. The van der Waals surface area contributed by atoms with E-state index in [4.69, 9.17) is 0 Å². The molecule has 1 unspecified atom stereocenters. The fourth-order valence-corrected chi connectivity index (χ4v) is 1.99. The predicted molar refractivity (Wildman–Crippen MR) is 62.3 cm³/mol. The van der Waals surface area contributed by atoms with Gasteiger partial charge in [0.25, 0.3) is 0 Å². The van der Waals surface area contributed by atoms with E-state index < -0.39 is 5.92 Å². The van der Waals surface area contributed by atoms with Crippen LogP contribution >= 0.6 is 0 Å². The molecule has 0 aromatic heterocycles. The molecule has 1 aromatic rings. The van der Waals surface area contributed by atoms with Gasteiger partial charge >= 0.3 is 0 Å². The summed E-state index contributed by atoms with van der Waals surface area (Å²) in [5.41, 5.74) is 1.70. The summed E-state index contributed by atoms with van der Waals surface area (Å²) in [4.78, 5) is 23.8. The molecule has 1 aromatic carbocycles. The molecule has 0 radical (unpaired) electrons. The molecule has 2 nitrogen and oxygen atoms in total. The van der Waals surface area contributed by atoms with Crippen LogP contribution in [-0.4, -0.2) is 11.6 Å². The zero-order valence-electron chi connectivity index (χ0n) is 9.27. The Kier molecular flexibility index (Phi) is 3.00. The SMILES string of the molecule is CC1=CC(=O)C(C(=O)c2ccccc2)CC1. The largest absolute Gasteiger partial charge is 0.294 e. The Bertz CT molecular complexity index is 443. The number of ketones is 2. The Morgan fingerprint density at radius 1 is 1.25 bits per heavy atom. The lowest BCUT2D eigenvalue weighted by atomic mass is 9.84. The van der Waals surface area contributed by atoms with Crippen LogP contribution in [0.15, 0.2) is 42.0 Å². The Balaban J connectivity index is 2.21. The van der Waals surface area contributed by atoms with Gasteiger partial charge in [0, 0.05) is 5.56 Å². The lowest BCUT2D eigenvalue weighted by Crippen LogP contribution is -2.25. The third kappa shape index (κ3) is 2.11. The van der Waals surface area contributed by atoms with Crippen molar-refractivity contribution in [2.75, 3.05) is 0 Å². The van der Waals surface area contributed by atoms with E-state index in [1.54, 1.807) is 18.2 Å². The minimum absolute atomic E-state index is 0.0439. The average molecular weight is 214 g/mol. The molecule has 1 aliphatic rings. The normalized spacial score (nSPS) is 20.4. The maximum absolute atomic E-state index is 12.1. The highest BCUT2D eigenvalue weighted by atomic mass is 16.1. The van der Waals surface area contributed by atoms with Crippen molar-refractivity contribution < 1.29 is 9.59 Å². The standard InChI is InChI=1S/C14H14O2/c1-10-7-8-12(13(15)9-10)14(16)11-5-3-2-4-6-11/h2-6,9,12H,7-8H2,1H3. The summed E-state index contributed by atoms with van der Waals surface area (Å²) in [6.45, 7) is 1.93. The molecule has 0 fully saturated rings. The van der Waals surface area contributed by atoms with Crippen LogP contribution in [0.5, 0.6) is 0 Å². The Morgan fingerprint density at radius 3 is 2.56 bits per heavy atom. The molecule has 0 heterocycles. The summed E-state index contributed by atoms with van der Waals surface area (Å²) in [7, 11) is 0. The monoisotopic (exact) mass is 214 g/mol. The molecule has 0 amide bonds. The van der Waals surface area contributed by atoms with Crippen LogP contribution in [-0.2, 0) is 4.79 Å². The molecular formula is C14H14O2. The first-order valence-electron chi connectivity index (χ1n) is 5.49. The Hall–Kier alpha value is -1.70. The molecular weight excluding hydrogens is 200 g/mol. The number of carbonyl (C=O) groups is 2. The minimum atomic E-state index is -0.467. The lowest BCUT2D eigenvalue weighted by molar-refractivity contribution is -0.117. The fraction of sp³-hybridized carbons (Fsp3) is 0.286. The van der Waals surface area contributed by atoms with Gasteiger partial charge in [0.05, 0.1) is 5.92 Å². The fourth-order valence-electron chi connectivity index (χ4n) is 1.99. The van der Waals surface area contributed by atoms with Crippen LogP contribution in [0.1, 0.15) is 30.1 Å². The van der Waals surface area contributed by atoms with Crippen molar-refractivity contribution in [2.24, 2.45) is 5.92 Å². The topological polar surface area (TPSA) is 34.1 Å². The van der Waals surface area contributed by atoms with Crippen molar-refractivity contribution in [3.05, 3.63) is 47.5 Å². The molecule has 0 saturated heterocycles. The van der Waals surface area contributed by atoms with Gasteiger partial charge in [0.1, 0.15) is 0 Å². The van der Waals surface area contributed by atoms with Gasteiger partial charge in [-0.25, -0.2) is 0 Å². The van der Waals surface area contributed by atoms with Gasteiger partial charge < -0.3 is 0 Å². The first-order valence-corrected chi connectivity index (χ1v) is 5.49. The number of carbonyl (C=O) groups excluding carboxylic acids is 2. The van der Waals surface area contributed by atoms with Gasteiger partial charge in [-0.15, -0.1) is 0 Å². The highest BCUT2D eigenvalue weighted by Crippen LogP contribution is 2.23. The van der Waals surface area contributed by atoms with Crippen LogP contribution in [0.4, 0.5) is 0 Å². The highest BCUT2D eigenvalue weighted by Gasteiger charge is 2.28. The van der Waals surface area contributed by atoms with Crippen LogP contribution in [0.2, 0.25) is 0 Å². The predicted octanol–water partition coefficient (Wildman–Crippen LogP) is 2.79. The van der Waals surface area contributed by atoms with Crippen molar-refractivity contribution in [2.45, 2.75) is 19.8 Å². The molecule has 1 aliphatic carbocycles. The molecule has 0 saturated carbocycles. The number of hydrogen-bond donors (Lipinski definition) is 0.